The predicted molar refractivity (Wildman–Crippen MR) is 75.3 cm³/mol. The Bertz CT molecular complexity index is 784. The monoisotopic (exact) mass is 232 g/mol. The molecule has 1 heteroatoms. The Morgan fingerprint density at radius 2 is 1.67 bits per heavy atom. The molecule has 0 spiro atoms. The molecule has 1 heterocycles. The van der Waals surface area contributed by atoms with E-state index in [4.69, 9.17) is 4.74 Å². The quantitative estimate of drug-likeness (QED) is 0.519. The van der Waals surface area contributed by atoms with Gasteiger partial charge in [-0.25, -0.2) is 0 Å². The van der Waals surface area contributed by atoms with Crippen molar-refractivity contribution in [2.75, 3.05) is 0 Å². The van der Waals surface area contributed by atoms with Crippen molar-refractivity contribution in [3.05, 3.63) is 65.9 Å². The summed E-state index contributed by atoms with van der Waals surface area (Å²) in [5, 5.41) is 5.21. The second kappa shape index (κ2) is 3.61. The summed E-state index contributed by atoms with van der Waals surface area (Å²) in [5.41, 5.74) is 2.56. The van der Waals surface area contributed by atoms with Crippen molar-refractivity contribution in [3.8, 4) is 0 Å². The van der Waals surface area contributed by atoms with E-state index >= 15 is 0 Å². The molecule has 4 rings (SSSR count). The Balaban J connectivity index is 2.19. The Labute approximate surface area is 105 Å². The van der Waals surface area contributed by atoms with Crippen LogP contribution in [-0.2, 0) is 11.3 Å². The average Bonchev–Trinajstić information content (AvgIpc) is 2.46. The Kier molecular flexibility index (Phi) is 1.95. The smallest absolute Gasteiger partial charge is 0.114 e. The molecule has 18 heavy (non-hydrogen) atoms. The normalized spacial score (nSPS) is 13.6. The molecule has 0 aliphatic carbocycles. The zero-order valence-electron chi connectivity index (χ0n) is 9.89. The number of rotatable bonds is 0. The SMILES string of the molecule is C1=Cc2ccc3c(ccc4ccccc43)c2CO1. The average molecular weight is 232 g/mol. The van der Waals surface area contributed by atoms with Crippen LogP contribution >= 0.6 is 0 Å². The summed E-state index contributed by atoms with van der Waals surface area (Å²) >= 11 is 0. The molecular weight excluding hydrogens is 220 g/mol. The van der Waals surface area contributed by atoms with Gasteiger partial charge in [-0.2, -0.15) is 0 Å². The minimum absolute atomic E-state index is 0.668. The maximum Gasteiger partial charge on any atom is 0.114 e. The van der Waals surface area contributed by atoms with Crippen LogP contribution in [-0.4, -0.2) is 0 Å². The van der Waals surface area contributed by atoms with Crippen LogP contribution in [0.5, 0.6) is 0 Å². The van der Waals surface area contributed by atoms with Gasteiger partial charge in [0.05, 0.1) is 6.26 Å². The molecule has 0 radical (unpaired) electrons. The highest BCUT2D eigenvalue weighted by Crippen LogP contribution is 2.31. The number of benzene rings is 3. The highest BCUT2D eigenvalue weighted by atomic mass is 16.5. The first-order valence-electron chi connectivity index (χ1n) is 6.15. The summed E-state index contributed by atoms with van der Waals surface area (Å²) in [4.78, 5) is 0. The molecule has 0 aromatic heterocycles. The highest BCUT2D eigenvalue weighted by molar-refractivity contribution is 6.09. The Hall–Kier alpha value is -2.28. The van der Waals surface area contributed by atoms with Gasteiger partial charge >= 0.3 is 0 Å². The first kappa shape index (κ1) is 9.72. The number of hydrogen-bond donors (Lipinski definition) is 0. The van der Waals surface area contributed by atoms with Crippen molar-refractivity contribution in [1.29, 1.82) is 0 Å². The van der Waals surface area contributed by atoms with Crippen molar-refractivity contribution < 1.29 is 4.74 Å². The molecule has 0 atom stereocenters. The molecule has 0 N–H and O–H groups in total. The molecule has 0 amide bonds. The minimum atomic E-state index is 0.668. The lowest BCUT2D eigenvalue weighted by atomic mass is 9.95. The molecule has 3 aromatic carbocycles. The van der Waals surface area contributed by atoms with Crippen LogP contribution in [0.15, 0.2) is 54.8 Å². The second-order valence-corrected chi connectivity index (χ2v) is 4.63. The molecule has 1 aliphatic rings. The standard InChI is InChI=1S/C17H12O/c1-2-4-14-12(3-1)5-8-16-15(14)7-6-13-9-10-18-11-17(13)16/h1-10H,11H2. The highest BCUT2D eigenvalue weighted by Gasteiger charge is 2.10. The largest absolute Gasteiger partial charge is 0.496 e. The maximum atomic E-state index is 5.44. The summed E-state index contributed by atoms with van der Waals surface area (Å²) in [7, 11) is 0. The topological polar surface area (TPSA) is 9.23 Å². The van der Waals surface area contributed by atoms with Crippen molar-refractivity contribution >= 4 is 27.6 Å². The number of ether oxygens (including phenoxy) is 1. The Morgan fingerprint density at radius 1 is 0.778 bits per heavy atom. The molecule has 1 aliphatic heterocycles. The predicted octanol–water partition coefficient (Wildman–Crippen LogP) is 4.49. The minimum Gasteiger partial charge on any atom is -0.496 e. The molecule has 0 saturated carbocycles. The first-order valence-corrected chi connectivity index (χ1v) is 6.15. The van der Waals surface area contributed by atoms with Crippen LogP contribution in [0.25, 0.3) is 27.6 Å². The lowest BCUT2D eigenvalue weighted by molar-refractivity contribution is 0.236. The Morgan fingerprint density at radius 3 is 2.67 bits per heavy atom. The van der Waals surface area contributed by atoms with E-state index in [0.29, 0.717) is 6.61 Å². The van der Waals surface area contributed by atoms with Gasteiger partial charge in [0.25, 0.3) is 0 Å². The van der Waals surface area contributed by atoms with E-state index in [9.17, 15) is 0 Å². The fraction of sp³-hybridized carbons (Fsp3) is 0.0588. The van der Waals surface area contributed by atoms with Crippen LogP contribution in [0.4, 0.5) is 0 Å². The summed E-state index contributed by atoms with van der Waals surface area (Å²) in [6.45, 7) is 0.668. The van der Waals surface area contributed by atoms with Crippen LogP contribution in [0.2, 0.25) is 0 Å². The van der Waals surface area contributed by atoms with Crippen LogP contribution in [0, 0.1) is 0 Å². The van der Waals surface area contributed by atoms with E-state index in [1.54, 1.807) is 6.26 Å². The van der Waals surface area contributed by atoms with E-state index in [1.165, 1.54) is 32.7 Å². The molecule has 0 bridgehead atoms. The van der Waals surface area contributed by atoms with Gasteiger partial charge in [0.2, 0.25) is 0 Å². The van der Waals surface area contributed by atoms with Crippen molar-refractivity contribution in [1.82, 2.24) is 0 Å². The fourth-order valence-corrected chi connectivity index (χ4v) is 2.74. The van der Waals surface area contributed by atoms with Crippen molar-refractivity contribution in [3.63, 3.8) is 0 Å². The molecule has 0 saturated heterocycles. The lowest BCUT2D eigenvalue weighted by Gasteiger charge is -2.15. The van der Waals surface area contributed by atoms with Gasteiger partial charge in [0.15, 0.2) is 0 Å². The molecule has 1 nitrogen and oxygen atoms in total. The third-order valence-electron chi connectivity index (χ3n) is 3.65. The molecule has 0 fully saturated rings. The van der Waals surface area contributed by atoms with Gasteiger partial charge in [-0.3, -0.25) is 0 Å². The summed E-state index contributed by atoms with van der Waals surface area (Å²) in [6.07, 6.45) is 3.81. The van der Waals surface area contributed by atoms with E-state index < -0.39 is 0 Å². The third-order valence-corrected chi connectivity index (χ3v) is 3.65. The zero-order chi connectivity index (χ0) is 11.9. The lowest BCUT2D eigenvalue weighted by Crippen LogP contribution is -1.97. The molecule has 0 unspecified atom stereocenters. The molecule has 3 aromatic rings. The number of fused-ring (bicyclic) bond motifs is 5. The third kappa shape index (κ3) is 1.28. The fourth-order valence-electron chi connectivity index (χ4n) is 2.74. The van der Waals surface area contributed by atoms with Crippen LogP contribution in [0.1, 0.15) is 11.1 Å². The van der Waals surface area contributed by atoms with E-state index in [-0.39, 0.29) is 0 Å². The van der Waals surface area contributed by atoms with E-state index in [1.807, 2.05) is 6.08 Å². The van der Waals surface area contributed by atoms with Gasteiger partial charge in [0, 0.05) is 5.56 Å². The van der Waals surface area contributed by atoms with Crippen LogP contribution in [0.3, 0.4) is 0 Å². The first-order chi connectivity index (χ1) is 8.93. The van der Waals surface area contributed by atoms with Gasteiger partial charge in [0.1, 0.15) is 6.61 Å². The van der Waals surface area contributed by atoms with E-state index in [2.05, 4.69) is 48.5 Å². The summed E-state index contributed by atoms with van der Waals surface area (Å²) in [6, 6.07) is 17.3. The number of hydrogen-bond acceptors (Lipinski definition) is 1. The zero-order valence-corrected chi connectivity index (χ0v) is 9.89. The van der Waals surface area contributed by atoms with Gasteiger partial charge in [-0.15, -0.1) is 0 Å². The van der Waals surface area contributed by atoms with E-state index in [0.717, 1.165) is 0 Å². The summed E-state index contributed by atoms with van der Waals surface area (Å²) < 4.78 is 5.44. The van der Waals surface area contributed by atoms with Crippen molar-refractivity contribution in [2.24, 2.45) is 0 Å². The second-order valence-electron chi connectivity index (χ2n) is 4.63. The summed E-state index contributed by atoms with van der Waals surface area (Å²) in [5.74, 6) is 0. The van der Waals surface area contributed by atoms with Gasteiger partial charge in [-0.05, 0) is 33.2 Å². The van der Waals surface area contributed by atoms with Crippen LogP contribution < -0.4 is 0 Å². The maximum absolute atomic E-state index is 5.44. The van der Waals surface area contributed by atoms with Gasteiger partial charge in [-0.1, -0.05) is 48.5 Å². The molecule has 86 valence electrons. The van der Waals surface area contributed by atoms with Crippen molar-refractivity contribution in [2.45, 2.75) is 6.61 Å². The van der Waals surface area contributed by atoms with Gasteiger partial charge < -0.3 is 4.74 Å². The molecular formula is C17H12O.